The van der Waals surface area contributed by atoms with Crippen LogP contribution in [0.4, 0.5) is 0 Å². The van der Waals surface area contributed by atoms with Crippen LogP contribution in [-0.2, 0) is 0 Å². The summed E-state index contributed by atoms with van der Waals surface area (Å²) in [5, 5.41) is 6.93. The van der Waals surface area contributed by atoms with Crippen LogP contribution in [0, 0.1) is 5.92 Å². The van der Waals surface area contributed by atoms with Crippen LogP contribution in [0.3, 0.4) is 0 Å². The van der Waals surface area contributed by atoms with Crippen LogP contribution in [0.15, 0.2) is 4.99 Å². The van der Waals surface area contributed by atoms with Crippen LogP contribution in [-0.4, -0.2) is 74.2 Å². The molecule has 1 rings (SSSR count). The lowest BCUT2D eigenvalue weighted by Gasteiger charge is -2.30. The summed E-state index contributed by atoms with van der Waals surface area (Å²) < 4.78 is 0. The first-order valence-corrected chi connectivity index (χ1v) is 9.86. The van der Waals surface area contributed by atoms with Crippen LogP contribution in [0.25, 0.3) is 0 Å². The van der Waals surface area contributed by atoms with Gasteiger partial charge in [0.1, 0.15) is 0 Å². The van der Waals surface area contributed by atoms with Crippen LogP contribution in [0.5, 0.6) is 0 Å². The second-order valence-electron chi connectivity index (χ2n) is 7.77. The molecule has 5 nitrogen and oxygen atoms in total. The van der Waals surface area contributed by atoms with Crippen LogP contribution in [0.1, 0.15) is 53.9 Å². The van der Waals surface area contributed by atoms with Gasteiger partial charge in [0.25, 0.3) is 0 Å². The Balaban J connectivity index is 2.17. The smallest absolute Gasteiger partial charge is 0.190 e. The number of aliphatic imine (C=N–C) groups is 1. The molecular weight excluding hydrogens is 298 g/mol. The highest BCUT2D eigenvalue weighted by molar-refractivity contribution is 5.79. The average Bonchev–Trinajstić information content (AvgIpc) is 3.02. The molecule has 1 unspecified atom stereocenters. The molecule has 0 bridgehead atoms. The van der Waals surface area contributed by atoms with Gasteiger partial charge in [0, 0.05) is 45.3 Å². The summed E-state index contributed by atoms with van der Waals surface area (Å²) in [5.74, 6) is 1.59. The van der Waals surface area contributed by atoms with Crippen molar-refractivity contribution in [3.05, 3.63) is 0 Å². The van der Waals surface area contributed by atoms with E-state index < -0.39 is 0 Å². The maximum absolute atomic E-state index is 4.35. The van der Waals surface area contributed by atoms with Crippen molar-refractivity contribution in [3.8, 4) is 0 Å². The number of nitrogens with zero attached hydrogens (tertiary/aromatic N) is 3. The average molecular weight is 340 g/mol. The van der Waals surface area contributed by atoms with E-state index in [-0.39, 0.29) is 0 Å². The summed E-state index contributed by atoms with van der Waals surface area (Å²) in [5.41, 5.74) is 0. The second kappa shape index (κ2) is 11.7. The molecule has 1 aliphatic heterocycles. The molecule has 0 aromatic heterocycles. The van der Waals surface area contributed by atoms with Crippen molar-refractivity contribution >= 4 is 5.96 Å². The van der Waals surface area contributed by atoms with Crippen LogP contribution >= 0.6 is 0 Å². The van der Waals surface area contributed by atoms with Crippen molar-refractivity contribution in [2.75, 3.05) is 46.3 Å². The highest BCUT2D eigenvalue weighted by atomic mass is 15.2. The summed E-state index contributed by atoms with van der Waals surface area (Å²) in [6.07, 6.45) is 3.88. The van der Waals surface area contributed by atoms with E-state index in [0.29, 0.717) is 18.0 Å². The predicted molar refractivity (Wildman–Crippen MR) is 106 cm³/mol. The number of likely N-dealkylation sites (tertiary alicyclic amines) is 1. The lowest BCUT2D eigenvalue weighted by molar-refractivity contribution is 0.173. The molecular formula is C19H41N5. The van der Waals surface area contributed by atoms with Crippen molar-refractivity contribution in [1.29, 1.82) is 0 Å². The van der Waals surface area contributed by atoms with E-state index in [1.54, 1.807) is 0 Å². The van der Waals surface area contributed by atoms with Gasteiger partial charge in [0.05, 0.1) is 0 Å². The van der Waals surface area contributed by atoms with Crippen molar-refractivity contribution in [1.82, 2.24) is 20.4 Å². The minimum absolute atomic E-state index is 0.605. The Hall–Kier alpha value is -0.810. The normalized spacial score (nSPS) is 18.0. The first-order chi connectivity index (χ1) is 11.4. The van der Waals surface area contributed by atoms with Gasteiger partial charge in [0.2, 0.25) is 0 Å². The molecule has 142 valence electrons. The third kappa shape index (κ3) is 8.34. The molecule has 0 amide bonds. The molecule has 24 heavy (non-hydrogen) atoms. The standard InChI is InChI=1S/C19H41N5/c1-16(2)24(17(3)4)13-9-10-21-19(20-6)22-14-18(5)15-23-11-7-8-12-23/h16-18H,7-15H2,1-6H3,(H2,20,21,22). The molecule has 0 aromatic rings. The van der Waals surface area contributed by atoms with Crippen LogP contribution in [0.2, 0.25) is 0 Å². The monoisotopic (exact) mass is 339 g/mol. The maximum Gasteiger partial charge on any atom is 0.190 e. The lowest BCUT2D eigenvalue weighted by atomic mass is 10.1. The molecule has 0 aromatic carbocycles. The quantitative estimate of drug-likeness (QED) is 0.364. The molecule has 1 fully saturated rings. The maximum atomic E-state index is 4.35. The topological polar surface area (TPSA) is 42.9 Å². The van der Waals surface area contributed by atoms with Crippen molar-refractivity contribution in [2.45, 2.75) is 66.0 Å². The molecule has 1 aliphatic rings. The number of hydrogen-bond acceptors (Lipinski definition) is 3. The zero-order chi connectivity index (χ0) is 17.9. The molecule has 2 N–H and O–H groups in total. The number of hydrogen-bond donors (Lipinski definition) is 2. The molecule has 1 heterocycles. The van der Waals surface area contributed by atoms with Crippen molar-refractivity contribution in [3.63, 3.8) is 0 Å². The minimum Gasteiger partial charge on any atom is -0.356 e. The molecule has 1 saturated heterocycles. The van der Waals surface area contributed by atoms with E-state index in [4.69, 9.17) is 0 Å². The summed E-state index contributed by atoms with van der Waals surface area (Å²) >= 11 is 0. The summed E-state index contributed by atoms with van der Waals surface area (Å²) in [7, 11) is 1.86. The fourth-order valence-corrected chi connectivity index (χ4v) is 3.54. The highest BCUT2D eigenvalue weighted by Crippen LogP contribution is 2.09. The molecule has 0 saturated carbocycles. The Morgan fingerprint density at radius 2 is 1.67 bits per heavy atom. The van der Waals surface area contributed by atoms with Crippen molar-refractivity contribution < 1.29 is 0 Å². The van der Waals surface area contributed by atoms with Crippen molar-refractivity contribution in [2.24, 2.45) is 10.9 Å². The highest BCUT2D eigenvalue weighted by Gasteiger charge is 2.15. The fourth-order valence-electron chi connectivity index (χ4n) is 3.54. The van der Waals surface area contributed by atoms with Gasteiger partial charge in [-0.3, -0.25) is 9.89 Å². The van der Waals surface area contributed by atoms with E-state index in [2.05, 4.69) is 60.0 Å². The number of rotatable bonds is 10. The van der Waals surface area contributed by atoms with Crippen LogP contribution < -0.4 is 10.6 Å². The minimum atomic E-state index is 0.605. The Morgan fingerprint density at radius 1 is 1.04 bits per heavy atom. The van der Waals surface area contributed by atoms with Gasteiger partial charge in [-0.1, -0.05) is 6.92 Å². The zero-order valence-electron chi connectivity index (χ0n) is 16.9. The molecule has 0 aliphatic carbocycles. The molecule has 0 spiro atoms. The third-order valence-corrected chi connectivity index (χ3v) is 4.82. The van der Waals surface area contributed by atoms with E-state index in [1.807, 2.05) is 7.05 Å². The molecule has 1 atom stereocenters. The Kier molecular flexibility index (Phi) is 10.3. The van der Waals surface area contributed by atoms with Gasteiger partial charge in [0.15, 0.2) is 5.96 Å². The SMILES string of the molecule is CN=C(NCCCN(C(C)C)C(C)C)NCC(C)CN1CCCC1. The predicted octanol–water partition coefficient (Wildman–Crippen LogP) is 2.39. The zero-order valence-corrected chi connectivity index (χ0v) is 16.9. The summed E-state index contributed by atoms with van der Waals surface area (Å²) in [4.78, 5) is 9.46. The van der Waals surface area contributed by atoms with Gasteiger partial charge >= 0.3 is 0 Å². The lowest BCUT2D eigenvalue weighted by Crippen LogP contribution is -2.43. The summed E-state index contributed by atoms with van der Waals surface area (Å²) in [6.45, 7) is 18.3. The second-order valence-corrected chi connectivity index (χ2v) is 7.77. The molecule has 0 radical (unpaired) electrons. The van der Waals surface area contributed by atoms with E-state index in [0.717, 1.165) is 32.0 Å². The Labute approximate surface area is 150 Å². The van der Waals surface area contributed by atoms with E-state index in [1.165, 1.54) is 32.5 Å². The van der Waals surface area contributed by atoms with E-state index in [9.17, 15) is 0 Å². The largest absolute Gasteiger partial charge is 0.356 e. The van der Waals surface area contributed by atoms with Gasteiger partial charge in [-0.2, -0.15) is 0 Å². The Bertz CT molecular complexity index is 340. The summed E-state index contributed by atoms with van der Waals surface area (Å²) in [6, 6.07) is 1.21. The number of nitrogens with one attached hydrogen (secondary N) is 2. The van der Waals surface area contributed by atoms with E-state index >= 15 is 0 Å². The molecule has 5 heteroatoms. The third-order valence-electron chi connectivity index (χ3n) is 4.82. The van der Waals surface area contributed by atoms with Gasteiger partial charge in [-0.05, 0) is 66.0 Å². The first kappa shape index (κ1) is 21.2. The Morgan fingerprint density at radius 3 is 2.21 bits per heavy atom. The van der Waals surface area contributed by atoms with Gasteiger partial charge in [-0.25, -0.2) is 0 Å². The fraction of sp³-hybridized carbons (Fsp3) is 0.947. The number of guanidine groups is 1. The van der Waals surface area contributed by atoms with Gasteiger partial charge < -0.3 is 15.5 Å². The first-order valence-electron chi connectivity index (χ1n) is 9.86. The van der Waals surface area contributed by atoms with Gasteiger partial charge in [-0.15, -0.1) is 0 Å².